The summed E-state index contributed by atoms with van der Waals surface area (Å²) < 4.78 is 56.1. The molecule has 0 atom stereocenters. The Kier molecular flexibility index (Phi) is 8.28. The van der Waals surface area contributed by atoms with Crippen LogP contribution in [0.4, 0.5) is 17.6 Å². The number of nitrogens with zero attached hydrogens (tertiary/aromatic N) is 2. The highest BCUT2D eigenvalue weighted by Crippen LogP contribution is 2.36. The van der Waals surface area contributed by atoms with Crippen LogP contribution >= 0.6 is 0 Å². The van der Waals surface area contributed by atoms with Gasteiger partial charge in [0.25, 0.3) is 5.56 Å². The van der Waals surface area contributed by atoms with Crippen LogP contribution in [0.2, 0.25) is 0 Å². The summed E-state index contributed by atoms with van der Waals surface area (Å²) in [5.74, 6) is -2.25. The maximum Gasteiger partial charge on any atom is 0.433 e. The summed E-state index contributed by atoms with van der Waals surface area (Å²) in [4.78, 5) is 25.5. The van der Waals surface area contributed by atoms with Crippen molar-refractivity contribution < 1.29 is 32.2 Å². The Labute approximate surface area is 175 Å². The second-order valence-corrected chi connectivity index (χ2v) is 6.95. The van der Waals surface area contributed by atoms with Gasteiger partial charge in [-0.1, -0.05) is 6.07 Å². The summed E-state index contributed by atoms with van der Waals surface area (Å²) in [7, 11) is 0. The average Bonchev–Trinajstić information content (AvgIpc) is 2.68. The predicted molar refractivity (Wildman–Crippen MR) is 103 cm³/mol. The van der Waals surface area contributed by atoms with Crippen LogP contribution in [0.3, 0.4) is 0 Å². The summed E-state index contributed by atoms with van der Waals surface area (Å²) in [6.45, 7) is 2.64. The molecule has 0 unspecified atom stereocenters. The third kappa shape index (κ3) is 6.86. The maximum absolute atomic E-state index is 13.1. The van der Waals surface area contributed by atoms with Crippen LogP contribution in [-0.4, -0.2) is 39.9 Å². The lowest BCUT2D eigenvalue weighted by molar-refractivity contribution is -0.141. The van der Waals surface area contributed by atoms with Crippen molar-refractivity contribution in [1.29, 1.82) is 0 Å². The fourth-order valence-corrected chi connectivity index (χ4v) is 2.93. The molecule has 0 spiro atoms. The molecule has 0 aromatic carbocycles. The summed E-state index contributed by atoms with van der Waals surface area (Å²) in [6.07, 6.45) is -1.79. The predicted octanol–water partition coefficient (Wildman–Crippen LogP) is 3.03. The zero-order valence-electron chi connectivity index (χ0n) is 16.7. The Morgan fingerprint density at radius 2 is 2.03 bits per heavy atom. The normalized spacial score (nSPS) is 18.0. The van der Waals surface area contributed by atoms with E-state index in [9.17, 15) is 27.2 Å². The molecule has 0 amide bonds. The molecule has 2 aromatic heterocycles. The molecule has 3 N–H and O–H groups in total. The molecule has 31 heavy (non-hydrogen) atoms. The van der Waals surface area contributed by atoms with Crippen molar-refractivity contribution in [3.8, 4) is 0 Å². The lowest BCUT2D eigenvalue weighted by Gasteiger charge is -2.32. The number of nitrogens with two attached hydrogens (primary N) is 1. The van der Waals surface area contributed by atoms with Gasteiger partial charge in [0.15, 0.2) is 5.82 Å². The number of aromatic nitrogens is 2. The number of carbonyl (C=O) groups is 1. The summed E-state index contributed by atoms with van der Waals surface area (Å²) in [5.41, 5.74) is 4.17. The van der Waals surface area contributed by atoms with E-state index in [0.717, 1.165) is 29.7 Å². The SMILES string of the molecule is CCOCCn1cc(C(=O)O)cc(F)c1=O.NC1CC(c2cccc(C(F)(F)F)n2)C1. The van der Waals surface area contributed by atoms with Gasteiger partial charge in [0.05, 0.1) is 12.2 Å². The summed E-state index contributed by atoms with van der Waals surface area (Å²) in [6, 6.07) is 4.84. The number of carboxylic acids is 1. The van der Waals surface area contributed by atoms with E-state index in [0.29, 0.717) is 18.4 Å². The van der Waals surface area contributed by atoms with E-state index >= 15 is 0 Å². The van der Waals surface area contributed by atoms with E-state index in [1.54, 1.807) is 13.0 Å². The Balaban J connectivity index is 0.000000220. The number of rotatable bonds is 6. The third-order valence-electron chi connectivity index (χ3n) is 4.62. The molecule has 2 heterocycles. The van der Waals surface area contributed by atoms with Gasteiger partial charge in [-0.2, -0.15) is 13.2 Å². The molecular formula is C20H23F4N3O4. The van der Waals surface area contributed by atoms with E-state index < -0.39 is 29.2 Å². The molecule has 1 fully saturated rings. The standard InChI is InChI=1S/C10H11F3N2.C10H12FNO4/c11-10(12,13)9-3-1-2-8(15-9)6-4-7(14)5-6;1-2-16-4-3-12-6-7(10(14)15)5-8(11)9(12)13/h1-3,6-7H,4-5,14H2;5-6H,2-4H2,1H3,(H,14,15). The highest BCUT2D eigenvalue weighted by molar-refractivity contribution is 5.87. The number of aromatic carboxylic acids is 1. The molecule has 0 saturated heterocycles. The van der Waals surface area contributed by atoms with Gasteiger partial charge >= 0.3 is 12.1 Å². The largest absolute Gasteiger partial charge is 0.478 e. The van der Waals surface area contributed by atoms with Gasteiger partial charge in [-0.15, -0.1) is 0 Å². The lowest BCUT2D eigenvalue weighted by atomic mass is 9.78. The number of carboxylic acid groups (broad SMARTS) is 1. The van der Waals surface area contributed by atoms with E-state index in [4.69, 9.17) is 15.6 Å². The molecule has 0 aliphatic heterocycles. The molecular weight excluding hydrogens is 422 g/mol. The lowest BCUT2D eigenvalue weighted by Crippen LogP contribution is -2.35. The monoisotopic (exact) mass is 445 g/mol. The van der Waals surface area contributed by atoms with Crippen molar-refractivity contribution in [1.82, 2.24) is 9.55 Å². The molecule has 170 valence electrons. The first-order chi connectivity index (χ1) is 14.5. The smallest absolute Gasteiger partial charge is 0.433 e. The first-order valence-electron chi connectivity index (χ1n) is 9.53. The number of pyridine rings is 2. The number of hydrogen-bond donors (Lipinski definition) is 2. The third-order valence-corrected chi connectivity index (χ3v) is 4.62. The topological polar surface area (TPSA) is 107 Å². The minimum absolute atomic E-state index is 0.0994. The zero-order chi connectivity index (χ0) is 23.2. The molecule has 2 aromatic rings. The van der Waals surface area contributed by atoms with Crippen molar-refractivity contribution in [2.75, 3.05) is 13.2 Å². The van der Waals surface area contributed by atoms with Gasteiger partial charge in [-0.25, -0.2) is 14.2 Å². The highest BCUT2D eigenvalue weighted by atomic mass is 19.4. The minimum atomic E-state index is -4.36. The van der Waals surface area contributed by atoms with Crippen molar-refractivity contribution in [2.24, 2.45) is 5.73 Å². The molecule has 1 saturated carbocycles. The van der Waals surface area contributed by atoms with E-state index in [2.05, 4.69) is 4.98 Å². The van der Waals surface area contributed by atoms with Crippen LogP contribution in [0.25, 0.3) is 0 Å². The fourth-order valence-electron chi connectivity index (χ4n) is 2.93. The quantitative estimate of drug-likeness (QED) is 0.523. The van der Waals surface area contributed by atoms with Gasteiger partial charge in [0.2, 0.25) is 0 Å². The van der Waals surface area contributed by atoms with Crippen LogP contribution in [-0.2, 0) is 17.5 Å². The number of alkyl halides is 3. The molecule has 7 nitrogen and oxygen atoms in total. The zero-order valence-corrected chi connectivity index (χ0v) is 16.7. The molecule has 1 aliphatic carbocycles. The van der Waals surface area contributed by atoms with E-state index in [1.165, 1.54) is 6.07 Å². The second-order valence-electron chi connectivity index (χ2n) is 6.95. The number of halogens is 4. The van der Waals surface area contributed by atoms with Crippen LogP contribution < -0.4 is 11.3 Å². The minimum Gasteiger partial charge on any atom is -0.478 e. The molecule has 0 bridgehead atoms. The van der Waals surface area contributed by atoms with Gasteiger partial charge in [-0.05, 0) is 38.0 Å². The Morgan fingerprint density at radius 3 is 2.58 bits per heavy atom. The van der Waals surface area contributed by atoms with Crippen molar-refractivity contribution in [3.63, 3.8) is 0 Å². The Morgan fingerprint density at radius 1 is 1.35 bits per heavy atom. The Bertz CT molecular complexity index is 956. The van der Waals surface area contributed by atoms with Crippen molar-refractivity contribution in [3.05, 3.63) is 63.6 Å². The van der Waals surface area contributed by atoms with Gasteiger partial charge < -0.3 is 20.1 Å². The first kappa shape index (κ1) is 24.5. The number of hydrogen-bond acceptors (Lipinski definition) is 5. The van der Waals surface area contributed by atoms with Crippen LogP contribution in [0, 0.1) is 5.82 Å². The van der Waals surface area contributed by atoms with Crippen LogP contribution in [0.1, 0.15) is 47.4 Å². The van der Waals surface area contributed by atoms with Gasteiger partial charge in [0.1, 0.15) is 5.69 Å². The Hall–Kier alpha value is -2.79. The van der Waals surface area contributed by atoms with Gasteiger partial charge in [0, 0.05) is 37.0 Å². The van der Waals surface area contributed by atoms with E-state index in [-0.39, 0.29) is 30.7 Å². The molecule has 1 aliphatic rings. The average molecular weight is 445 g/mol. The van der Waals surface area contributed by atoms with Gasteiger partial charge in [-0.3, -0.25) is 4.79 Å². The highest BCUT2D eigenvalue weighted by Gasteiger charge is 2.34. The molecule has 0 radical (unpaired) electrons. The van der Waals surface area contributed by atoms with Crippen LogP contribution in [0.15, 0.2) is 35.3 Å². The fraction of sp³-hybridized carbons (Fsp3) is 0.450. The summed E-state index contributed by atoms with van der Waals surface area (Å²) in [5, 5.41) is 8.68. The van der Waals surface area contributed by atoms with Crippen LogP contribution in [0.5, 0.6) is 0 Å². The summed E-state index contributed by atoms with van der Waals surface area (Å²) >= 11 is 0. The first-order valence-corrected chi connectivity index (χ1v) is 9.53. The van der Waals surface area contributed by atoms with Crippen molar-refractivity contribution >= 4 is 5.97 Å². The number of ether oxygens (including phenoxy) is 1. The molecule has 3 rings (SSSR count). The molecule has 11 heteroatoms. The second kappa shape index (κ2) is 10.5. The van der Waals surface area contributed by atoms with Crippen molar-refractivity contribution in [2.45, 2.75) is 44.4 Å². The van der Waals surface area contributed by atoms with E-state index in [1.807, 2.05) is 0 Å². The maximum atomic E-state index is 13.1.